The van der Waals surface area contributed by atoms with Crippen molar-refractivity contribution in [2.45, 2.75) is 68.5 Å². The van der Waals surface area contributed by atoms with Gasteiger partial charge in [-0.25, -0.2) is 4.79 Å². The standard InChI is InChI=1S/C15H25NO3S2/c1-10(9-20)12(17)16-11(13(18)19)14(2,3)21-15(16)7-5-4-6-8-15/h10-11,20H,4-9H2,1-3H3,(H,18,19)/t10-,11-/m1/s1. The first-order valence-electron chi connectivity index (χ1n) is 7.62. The van der Waals surface area contributed by atoms with Gasteiger partial charge in [0.05, 0.1) is 4.87 Å². The summed E-state index contributed by atoms with van der Waals surface area (Å²) in [6.07, 6.45) is 5.10. The topological polar surface area (TPSA) is 57.6 Å². The SMILES string of the molecule is C[C@H](CS)C(=O)N1[C@H](C(=O)O)C(C)(C)SC12CCCCC2. The average molecular weight is 332 g/mol. The zero-order chi connectivity index (χ0) is 15.8. The van der Waals surface area contributed by atoms with E-state index in [1.165, 1.54) is 6.42 Å². The second-order valence-electron chi connectivity index (χ2n) is 6.74. The molecule has 0 unspecified atom stereocenters. The van der Waals surface area contributed by atoms with E-state index in [9.17, 15) is 14.7 Å². The number of nitrogens with zero attached hydrogens (tertiary/aromatic N) is 1. The zero-order valence-corrected chi connectivity index (χ0v) is 14.7. The minimum absolute atomic E-state index is 0.0580. The van der Waals surface area contributed by atoms with Crippen LogP contribution in [0.5, 0.6) is 0 Å². The Bertz CT molecular complexity index is 433. The smallest absolute Gasteiger partial charge is 0.327 e. The minimum atomic E-state index is -0.894. The molecule has 2 fully saturated rings. The Kier molecular flexibility index (Phi) is 4.88. The molecule has 4 nitrogen and oxygen atoms in total. The third-order valence-corrected chi connectivity index (χ3v) is 6.89. The van der Waals surface area contributed by atoms with Crippen LogP contribution < -0.4 is 0 Å². The third-order valence-electron chi connectivity index (χ3n) is 4.61. The van der Waals surface area contributed by atoms with Crippen molar-refractivity contribution in [3.8, 4) is 0 Å². The Labute approximate surface area is 136 Å². The molecule has 1 saturated carbocycles. The van der Waals surface area contributed by atoms with E-state index in [1.54, 1.807) is 16.7 Å². The molecule has 1 heterocycles. The van der Waals surface area contributed by atoms with Gasteiger partial charge in [-0.2, -0.15) is 12.6 Å². The van der Waals surface area contributed by atoms with Crippen molar-refractivity contribution in [2.24, 2.45) is 5.92 Å². The predicted octanol–water partition coefficient (Wildman–Crippen LogP) is 3.02. The first-order chi connectivity index (χ1) is 9.75. The van der Waals surface area contributed by atoms with Crippen LogP contribution in [0.1, 0.15) is 52.9 Å². The lowest BCUT2D eigenvalue weighted by atomic mass is 9.89. The summed E-state index contributed by atoms with van der Waals surface area (Å²) in [6.45, 7) is 5.73. The number of carbonyl (C=O) groups excluding carboxylic acids is 1. The molecule has 0 aromatic carbocycles. The number of carboxylic acids is 1. The molecule has 2 atom stereocenters. The molecule has 0 aromatic heterocycles. The normalized spacial score (nSPS) is 28.6. The van der Waals surface area contributed by atoms with Crippen LogP contribution in [-0.4, -0.2) is 43.3 Å². The van der Waals surface area contributed by atoms with Gasteiger partial charge < -0.3 is 10.0 Å². The van der Waals surface area contributed by atoms with E-state index in [4.69, 9.17) is 0 Å². The molecule has 0 aromatic rings. The minimum Gasteiger partial charge on any atom is -0.480 e. The van der Waals surface area contributed by atoms with Gasteiger partial charge in [0.25, 0.3) is 0 Å². The van der Waals surface area contributed by atoms with Crippen molar-refractivity contribution in [3.63, 3.8) is 0 Å². The van der Waals surface area contributed by atoms with Crippen molar-refractivity contribution < 1.29 is 14.7 Å². The van der Waals surface area contributed by atoms with Crippen molar-refractivity contribution in [1.29, 1.82) is 0 Å². The number of hydrogen-bond donors (Lipinski definition) is 2. The van der Waals surface area contributed by atoms with Gasteiger partial charge in [-0.15, -0.1) is 11.8 Å². The first kappa shape index (κ1) is 17.0. The summed E-state index contributed by atoms with van der Waals surface area (Å²) in [5, 5.41) is 9.71. The molecule has 0 bridgehead atoms. The fourth-order valence-corrected chi connectivity index (χ4v) is 5.88. The van der Waals surface area contributed by atoms with Gasteiger partial charge in [-0.05, 0) is 26.7 Å². The van der Waals surface area contributed by atoms with E-state index in [1.807, 2.05) is 20.8 Å². The molecule has 0 radical (unpaired) electrons. The molecule has 120 valence electrons. The van der Waals surface area contributed by atoms with E-state index in [2.05, 4.69) is 12.6 Å². The van der Waals surface area contributed by atoms with Crippen LogP contribution in [0.4, 0.5) is 0 Å². The van der Waals surface area contributed by atoms with E-state index in [-0.39, 0.29) is 16.7 Å². The molecule has 2 rings (SSSR count). The summed E-state index contributed by atoms with van der Waals surface area (Å²) in [7, 11) is 0. The number of carboxylic acid groups (broad SMARTS) is 1. The molecule has 1 saturated heterocycles. The summed E-state index contributed by atoms with van der Waals surface area (Å²) in [5.41, 5.74) is 0. The van der Waals surface area contributed by atoms with Gasteiger partial charge in [0.1, 0.15) is 6.04 Å². The Morgan fingerprint density at radius 1 is 1.33 bits per heavy atom. The fraction of sp³-hybridized carbons (Fsp3) is 0.867. The molecule has 2 aliphatic rings. The highest BCUT2D eigenvalue weighted by atomic mass is 32.2. The van der Waals surface area contributed by atoms with Crippen LogP contribution in [-0.2, 0) is 9.59 Å². The average Bonchev–Trinajstić information content (AvgIpc) is 2.64. The van der Waals surface area contributed by atoms with Crippen LogP contribution in [0.3, 0.4) is 0 Å². The maximum Gasteiger partial charge on any atom is 0.327 e. The Morgan fingerprint density at radius 2 is 1.90 bits per heavy atom. The number of aliphatic carboxylic acids is 1. The van der Waals surface area contributed by atoms with Crippen LogP contribution >= 0.6 is 24.4 Å². The molecular formula is C15H25NO3S2. The number of thioether (sulfide) groups is 1. The summed E-state index contributed by atoms with van der Waals surface area (Å²) in [6, 6.07) is -0.754. The predicted molar refractivity (Wildman–Crippen MR) is 88.8 cm³/mol. The maximum atomic E-state index is 12.9. The van der Waals surface area contributed by atoms with Gasteiger partial charge >= 0.3 is 5.97 Å². The molecule has 1 aliphatic carbocycles. The second kappa shape index (κ2) is 6.03. The maximum absolute atomic E-state index is 12.9. The lowest BCUT2D eigenvalue weighted by Crippen LogP contribution is -2.57. The molecule has 1 spiro atoms. The third kappa shape index (κ3) is 2.93. The van der Waals surface area contributed by atoms with Gasteiger partial charge in [-0.3, -0.25) is 4.79 Å². The highest BCUT2D eigenvalue weighted by Crippen LogP contribution is 2.57. The summed E-state index contributed by atoms with van der Waals surface area (Å²) in [4.78, 5) is 26.1. The van der Waals surface area contributed by atoms with E-state index in [0.717, 1.165) is 25.7 Å². The molecular weight excluding hydrogens is 306 g/mol. The number of carbonyl (C=O) groups is 2. The van der Waals surface area contributed by atoms with Crippen LogP contribution in [0, 0.1) is 5.92 Å². The highest BCUT2D eigenvalue weighted by molar-refractivity contribution is 8.02. The zero-order valence-electron chi connectivity index (χ0n) is 13.0. The second-order valence-corrected chi connectivity index (χ2v) is 9.13. The molecule has 6 heteroatoms. The Hall–Kier alpha value is -0.360. The van der Waals surface area contributed by atoms with Crippen molar-refractivity contribution >= 4 is 36.3 Å². The van der Waals surface area contributed by atoms with E-state index >= 15 is 0 Å². The largest absolute Gasteiger partial charge is 0.480 e. The summed E-state index contributed by atoms with van der Waals surface area (Å²) < 4.78 is -0.463. The fourth-order valence-electron chi connectivity index (χ4n) is 3.64. The van der Waals surface area contributed by atoms with Crippen LogP contribution in [0.2, 0.25) is 0 Å². The quantitative estimate of drug-likeness (QED) is 0.781. The molecule has 1 aliphatic heterocycles. The lowest BCUT2D eigenvalue weighted by molar-refractivity contribution is -0.155. The number of thiol groups is 1. The lowest BCUT2D eigenvalue weighted by Gasteiger charge is -2.42. The Morgan fingerprint density at radius 3 is 2.38 bits per heavy atom. The molecule has 1 N–H and O–H groups in total. The van der Waals surface area contributed by atoms with Gasteiger partial charge in [0, 0.05) is 16.4 Å². The number of hydrogen-bond acceptors (Lipinski definition) is 4. The van der Waals surface area contributed by atoms with E-state index in [0.29, 0.717) is 5.75 Å². The van der Waals surface area contributed by atoms with E-state index < -0.39 is 16.8 Å². The highest BCUT2D eigenvalue weighted by Gasteiger charge is 2.61. The van der Waals surface area contributed by atoms with Crippen molar-refractivity contribution in [3.05, 3.63) is 0 Å². The van der Waals surface area contributed by atoms with Gasteiger partial charge in [0.15, 0.2) is 0 Å². The molecule has 1 amide bonds. The Balaban J connectivity index is 2.44. The monoisotopic (exact) mass is 331 g/mol. The van der Waals surface area contributed by atoms with Crippen LogP contribution in [0.25, 0.3) is 0 Å². The van der Waals surface area contributed by atoms with Crippen molar-refractivity contribution in [1.82, 2.24) is 4.90 Å². The van der Waals surface area contributed by atoms with Crippen LogP contribution in [0.15, 0.2) is 0 Å². The molecule has 21 heavy (non-hydrogen) atoms. The van der Waals surface area contributed by atoms with Gasteiger partial charge in [0.2, 0.25) is 5.91 Å². The number of rotatable bonds is 3. The number of amides is 1. The first-order valence-corrected chi connectivity index (χ1v) is 9.07. The van der Waals surface area contributed by atoms with Gasteiger partial charge in [-0.1, -0.05) is 26.2 Å². The summed E-state index contributed by atoms with van der Waals surface area (Å²) in [5.74, 6) is -0.751. The van der Waals surface area contributed by atoms with Crippen molar-refractivity contribution in [2.75, 3.05) is 5.75 Å². The summed E-state index contributed by atoms with van der Waals surface area (Å²) >= 11 is 5.91.